The third-order valence-corrected chi connectivity index (χ3v) is 5.33. The zero-order valence-electron chi connectivity index (χ0n) is 14.9. The lowest BCUT2D eigenvalue weighted by atomic mass is 9.77. The average Bonchev–Trinajstić information content (AvgIpc) is 3.42. The summed E-state index contributed by atoms with van der Waals surface area (Å²) in [4.78, 5) is 36.5. The molecule has 0 atom stereocenters. The zero-order valence-corrected chi connectivity index (χ0v) is 14.9. The molecule has 2 fully saturated rings. The second kappa shape index (κ2) is 7.89. The van der Waals surface area contributed by atoms with E-state index in [1.807, 2.05) is 0 Å². The van der Waals surface area contributed by atoms with E-state index < -0.39 is 11.4 Å². The van der Waals surface area contributed by atoms with Crippen LogP contribution in [-0.2, 0) is 9.59 Å². The number of hydrogen-bond donors (Lipinski definition) is 3. The normalized spacial score (nSPS) is 19.2. The molecule has 3 rings (SSSR count). The molecule has 2 aliphatic carbocycles. The fourth-order valence-corrected chi connectivity index (χ4v) is 3.62. The predicted octanol–water partition coefficient (Wildman–Crippen LogP) is 3.33. The molecule has 0 spiro atoms. The van der Waals surface area contributed by atoms with Crippen molar-refractivity contribution in [2.24, 2.45) is 5.41 Å². The standard InChI is InChI=1S/C20H26N2O4/c23-17(13-20(19(25)26)10-3-1-2-4-11-20)21-16-7-5-6-14(12-16)18(24)22-15-8-9-15/h5-7,12,15H,1-4,8-11,13H2,(H,21,23)(H,22,24)(H,25,26). The predicted molar refractivity (Wildman–Crippen MR) is 97.9 cm³/mol. The average molecular weight is 358 g/mol. The summed E-state index contributed by atoms with van der Waals surface area (Å²) in [6.45, 7) is 0. The zero-order chi connectivity index (χ0) is 18.6. The third-order valence-electron chi connectivity index (χ3n) is 5.33. The van der Waals surface area contributed by atoms with Crippen molar-refractivity contribution < 1.29 is 19.5 Å². The van der Waals surface area contributed by atoms with E-state index in [1.54, 1.807) is 24.3 Å². The number of anilines is 1. The molecule has 140 valence electrons. The molecular formula is C20H26N2O4. The van der Waals surface area contributed by atoms with Crippen LogP contribution in [0.2, 0.25) is 0 Å². The number of amides is 2. The van der Waals surface area contributed by atoms with Crippen LogP contribution < -0.4 is 10.6 Å². The van der Waals surface area contributed by atoms with Gasteiger partial charge in [0.1, 0.15) is 0 Å². The number of carbonyl (C=O) groups excluding carboxylic acids is 2. The molecule has 0 unspecified atom stereocenters. The first-order chi connectivity index (χ1) is 12.5. The Bertz CT molecular complexity index is 689. The van der Waals surface area contributed by atoms with Gasteiger partial charge in [0.2, 0.25) is 5.91 Å². The second-order valence-electron chi connectivity index (χ2n) is 7.55. The first-order valence-electron chi connectivity index (χ1n) is 9.43. The van der Waals surface area contributed by atoms with Gasteiger partial charge in [-0.1, -0.05) is 31.7 Å². The Hall–Kier alpha value is -2.37. The summed E-state index contributed by atoms with van der Waals surface area (Å²) < 4.78 is 0. The molecule has 2 amide bonds. The highest BCUT2D eigenvalue weighted by molar-refractivity contribution is 5.98. The van der Waals surface area contributed by atoms with Crippen molar-refractivity contribution in [3.8, 4) is 0 Å². The van der Waals surface area contributed by atoms with Crippen molar-refractivity contribution in [3.05, 3.63) is 29.8 Å². The first-order valence-corrected chi connectivity index (χ1v) is 9.43. The van der Waals surface area contributed by atoms with Crippen LogP contribution in [0, 0.1) is 5.41 Å². The van der Waals surface area contributed by atoms with Gasteiger partial charge < -0.3 is 15.7 Å². The Morgan fingerprint density at radius 3 is 2.38 bits per heavy atom. The quantitative estimate of drug-likeness (QED) is 0.680. The van der Waals surface area contributed by atoms with Gasteiger partial charge in [0.05, 0.1) is 5.41 Å². The molecule has 2 saturated carbocycles. The van der Waals surface area contributed by atoms with E-state index in [-0.39, 0.29) is 24.3 Å². The molecule has 26 heavy (non-hydrogen) atoms. The van der Waals surface area contributed by atoms with Gasteiger partial charge in [-0.2, -0.15) is 0 Å². The maximum Gasteiger partial charge on any atom is 0.310 e. The maximum atomic E-state index is 12.5. The highest BCUT2D eigenvalue weighted by atomic mass is 16.4. The fraction of sp³-hybridized carbons (Fsp3) is 0.550. The molecule has 0 heterocycles. The Kier molecular flexibility index (Phi) is 5.59. The minimum absolute atomic E-state index is 0.0270. The van der Waals surface area contributed by atoms with Gasteiger partial charge in [0, 0.05) is 23.7 Å². The Balaban J connectivity index is 1.64. The Morgan fingerprint density at radius 1 is 1.08 bits per heavy atom. The number of benzene rings is 1. The minimum Gasteiger partial charge on any atom is -0.481 e. The Morgan fingerprint density at radius 2 is 1.77 bits per heavy atom. The smallest absolute Gasteiger partial charge is 0.310 e. The molecule has 6 heteroatoms. The van der Waals surface area contributed by atoms with Crippen LogP contribution in [0.1, 0.15) is 68.1 Å². The van der Waals surface area contributed by atoms with Crippen LogP contribution in [0.4, 0.5) is 5.69 Å². The molecule has 2 aliphatic rings. The van der Waals surface area contributed by atoms with Crippen LogP contribution in [0.5, 0.6) is 0 Å². The van der Waals surface area contributed by atoms with Crippen molar-refractivity contribution in [3.63, 3.8) is 0 Å². The topological polar surface area (TPSA) is 95.5 Å². The van der Waals surface area contributed by atoms with Gasteiger partial charge in [-0.15, -0.1) is 0 Å². The highest BCUT2D eigenvalue weighted by Gasteiger charge is 2.40. The van der Waals surface area contributed by atoms with Crippen LogP contribution >= 0.6 is 0 Å². The minimum atomic E-state index is -0.971. The van der Waals surface area contributed by atoms with Crippen LogP contribution in [0.25, 0.3) is 0 Å². The van der Waals surface area contributed by atoms with Crippen LogP contribution in [-0.4, -0.2) is 28.9 Å². The summed E-state index contributed by atoms with van der Waals surface area (Å²) in [6, 6.07) is 7.04. The number of nitrogens with one attached hydrogen (secondary N) is 2. The molecule has 0 bridgehead atoms. The first kappa shape index (κ1) is 18.4. The fourth-order valence-electron chi connectivity index (χ4n) is 3.62. The summed E-state index contributed by atoms with van der Waals surface area (Å²) in [5.41, 5.74) is 0.0476. The lowest BCUT2D eigenvalue weighted by Crippen LogP contribution is -2.35. The van der Waals surface area contributed by atoms with Crippen molar-refractivity contribution in [2.75, 3.05) is 5.32 Å². The molecule has 1 aromatic rings. The molecule has 6 nitrogen and oxygen atoms in total. The number of rotatable bonds is 6. The van der Waals surface area contributed by atoms with E-state index >= 15 is 0 Å². The number of hydrogen-bond acceptors (Lipinski definition) is 3. The van der Waals surface area contributed by atoms with Gasteiger partial charge in [0.25, 0.3) is 5.91 Å². The molecule has 3 N–H and O–H groups in total. The number of carboxylic acids is 1. The largest absolute Gasteiger partial charge is 0.481 e. The van der Waals surface area contributed by atoms with E-state index in [0.717, 1.165) is 38.5 Å². The summed E-state index contributed by atoms with van der Waals surface area (Å²) in [5.74, 6) is -1.34. The lowest BCUT2D eigenvalue weighted by Gasteiger charge is -2.27. The Labute approximate surface area is 153 Å². The maximum absolute atomic E-state index is 12.5. The summed E-state index contributed by atoms with van der Waals surface area (Å²) >= 11 is 0. The molecule has 0 aromatic heterocycles. The van der Waals surface area contributed by atoms with Gasteiger partial charge in [0.15, 0.2) is 0 Å². The van der Waals surface area contributed by atoms with Crippen LogP contribution in [0.15, 0.2) is 24.3 Å². The summed E-state index contributed by atoms with van der Waals surface area (Å²) in [7, 11) is 0. The van der Waals surface area contributed by atoms with E-state index in [0.29, 0.717) is 24.1 Å². The van der Waals surface area contributed by atoms with Gasteiger partial charge in [-0.3, -0.25) is 14.4 Å². The van der Waals surface area contributed by atoms with Gasteiger partial charge in [-0.05, 0) is 43.9 Å². The van der Waals surface area contributed by atoms with Gasteiger partial charge in [-0.25, -0.2) is 0 Å². The van der Waals surface area contributed by atoms with E-state index in [1.165, 1.54) is 0 Å². The number of carbonyl (C=O) groups is 3. The SMILES string of the molecule is O=C(CC1(C(=O)O)CCCCCC1)Nc1cccc(C(=O)NC2CC2)c1. The van der Waals surface area contributed by atoms with E-state index in [9.17, 15) is 19.5 Å². The molecule has 0 radical (unpaired) electrons. The van der Waals surface area contributed by atoms with Crippen molar-refractivity contribution >= 4 is 23.5 Å². The van der Waals surface area contributed by atoms with E-state index in [4.69, 9.17) is 0 Å². The number of aliphatic carboxylic acids is 1. The van der Waals surface area contributed by atoms with Crippen molar-refractivity contribution in [1.82, 2.24) is 5.32 Å². The molecule has 0 aliphatic heterocycles. The molecular weight excluding hydrogens is 332 g/mol. The second-order valence-corrected chi connectivity index (χ2v) is 7.55. The third kappa shape index (κ3) is 4.62. The lowest BCUT2D eigenvalue weighted by molar-refractivity contribution is -0.152. The summed E-state index contributed by atoms with van der Waals surface area (Å²) in [6.07, 6.45) is 6.81. The van der Waals surface area contributed by atoms with Crippen molar-refractivity contribution in [2.45, 2.75) is 63.8 Å². The van der Waals surface area contributed by atoms with E-state index in [2.05, 4.69) is 10.6 Å². The monoisotopic (exact) mass is 358 g/mol. The van der Waals surface area contributed by atoms with Gasteiger partial charge >= 0.3 is 5.97 Å². The highest BCUT2D eigenvalue weighted by Crippen LogP contribution is 2.38. The van der Waals surface area contributed by atoms with Crippen molar-refractivity contribution in [1.29, 1.82) is 0 Å². The van der Waals surface area contributed by atoms with Crippen LogP contribution in [0.3, 0.4) is 0 Å². The molecule has 0 saturated heterocycles. The summed E-state index contributed by atoms with van der Waals surface area (Å²) in [5, 5.41) is 15.4. The number of carboxylic acid groups (broad SMARTS) is 1. The molecule has 1 aromatic carbocycles.